The fourth-order valence-electron chi connectivity index (χ4n) is 1.49. The quantitative estimate of drug-likeness (QED) is 0.726. The normalized spacial score (nSPS) is 12.7. The van der Waals surface area contributed by atoms with Gasteiger partial charge in [-0.15, -0.1) is 0 Å². The predicted octanol–water partition coefficient (Wildman–Crippen LogP) is 2.92. The van der Waals surface area contributed by atoms with E-state index in [0.29, 0.717) is 24.3 Å². The standard InChI is InChI=1S/C13H16ClNO3S/c1-11(7-9-19(14,16)17)6-8-18-13-4-2-12(10-15)3-5-13/h2-5,11H,6-9H2,1H3. The Balaban J connectivity index is 2.28. The Bertz CT molecular complexity index is 534. The van der Waals surface area contributed by atoms with Gasteiger partial charge in [0.15, 0.2) is 0 Å². The lowest BCUT2D eigenvalue weighted by Crippen LogP contribution is -2.08. The highest BCUT2D eigenvalue weighted by atomic mass is 35.7. The summed E-state index contributed by atoms with van der Waals surface area (Å²) >= 11 is 0. The van der Waals surface area contributed by atoms with Crippen molar-refractivity contribution in [1.82, 2.24) is 0 Å². The van der Waals surface area contributed by atoms with E-state index in [4.69, 9.17) is 20.7 Å². The number of nitrogens with zero attached hydrogens (tertiary/aromatic N) is 1. The molecule has 0 spiro atoms. The lowest BCUT2D eigenvalue weighted by molar-refractivity contribution is 0.282. The van der Waals surface area contributed by atoms with Crippen LogP contribution in [0.5, 0.6) is 5.75 Å². The highest BCUT2D eigenvalue weighted by Crippen LogP contribution is 2.15. The maximum atomic E-state index is 10.8. The predicted molar refractivity (Wildman–Crippen MR) is 74.7 cm³/mol. The van der Waals surface area contributed by atoms with Gasteiger partial charge in [0.2, 0.25) is 9.05 Å². The van der Waals surface area contributed by atoms with Crippen LogP contribution in [0.1, 0.15) is 25.3 Å². The van der Waals surface area contributed by atoms with Gasteiger partial charge in [-0.3, -0.25) is 0 Å². The van der Waals surface area contributed by atoms with Gasteiger partial charge in [0.25, 0.3) is 0 Å². The third kappa shape index (κ3) is 7.04. The van der Waals surface area contributed by atoms with Gasteiger partial charge in [0.1, 0.15) is 5.75 Å². The third-order valence-electron chi connectivity index (χ3n) is 2.72. The van der Waals surface area contributed by atoms with Gasteiger partial charge in [-0.25, -0.2) is 8.42 Å². The highest BCUT2D eigenvalue weighted by molar-refractivity contribution is 8.13. The first kappa shape index (κ1) is 15.8. The minimum Gasteiger partial charge on any atom is -0.494 e. The Morgan fingerprint density at radius 1 is 1.32 bits per heavy atom. The van der Waals surface area contributed by atoms with Gasteiger partial charge in [0.05, 0.1) is 24.0 Å². The number of nitriles is 1. The summed E-state index contributed by atoms with van der Waals surface area (Å²) in [5.74, 6) is 0.926. The molecule has 1 aromatic rings. The van der Waals surface area contributed by atoms with Gasteiger partial charge in [-0.2, -0.15) is 5.26 Å². The second-order valence-electron chi connectivity index (χ2n) is 4.41. The van der Waals surface area contributed by atoms with Crippen LogP contribution in [0.25, 0.3) is 0 Å². The van der Waals surface area contributed by atoms with Crippen LogP contribution in [-0.4, -0.2) is 20.8 Å². The summed E-state index contributed by atoms with van der Waals surface area (Å²) in [5.41, 5.74) is 0.591. The summed E-state index contributed by atoms with van der Waals surface area (Å²) in [6.07, 6.45) is 1.29. The summed E-state index contributed by atoms with van der Waals surface area (Å²) in [6, 6.07) is 8.91. The van der Waals surface area contributed by atoms with E-state index in [1.165, 1.54) is 0 Å². The summed E-state index contributed by atoms with van der Waals surface area (Å²) in [4.78, 5) is 0. The van der Waals surface area contributed by atoms with Gasteiger partial charge < -0.3 is 4.74 Å². The molecule has 0 saturated carbocycles. The number of hydrogen-bond donors (Lipinski definition) is 0. The fourth-order valence-corrected chi connectivity index (χ4v) is 2.44. The summed E-state index contributed by atoms with van der Waals surface area (Å²) in [6.45, 7) is 2.47. The van der Waals surface area contributed by atoms with Crippen LogP contribution in [0.15, 0.2) is 24.3 Å². The molecule has 0 N–H and O–H groups in total. The SMILES string of the molecule is CC(CCOc1ccc(C#N)cc1)CCS(=O)(=O)Cl. The number of ether oxygens (including phenoxy) is 1. The molecule has 4 nitrogen and oxygen atoms in total. The first-order valence-electron chi connectivity index (χ1n) is 5.96. The zero-order valence-corrected chi connectivity index (χ0v) is 12.2. The molecular formula is C13H16ClNO3S. The molecule has 0 bridgehead atoms. The van der Waals surface area contributed by atoms with Crippen molar-refractivity contribution in [2.24, 2.45) is 5.92 Å². The minimum absolute atomic E-state index is 0.00735. The monoisotopic (exact) mass is 301 g/mol. The number of rotatable bonds is 7. The molecule has 0 heterocycles. The molecule has 0 amide bonds. The minimum atomic E-state index is -3.40. The zero-order valence-electron chi connectivity index (χ0n) is 10.7. The van der Waals surface area contributed by atoms with E-state index in [1.807, 2.05) is 13.0 Å². The number of halogens is 1. The molecule has 0 fully saturated rings. The average Bonchev–Trinajstić information content (AvgIpc) is 2.36. The molecule has 0 aliphatic heterocycles. The molecule has 0 aromatic heterocycles. The van der Waals surface area contributed by atoms with E-state index in [1.54, 1.807) is 24.3 Å². The van der Waals surface area contributed by atoms with Crippen LogP contribution in [0, 0.1) is 17.2 Å². The van der Waals surface area contributed by atoms with Crippen molar-refractivity contribution < 1.29 is 13.2 Å². The summed E-state index contributed by atoms with van der Waals surface area (Å²) < 4.78 is 27.1. The highest BCUT2D eigenvalue weighted by Gasteiger charge is 2.09. The molecule has 0 saturated heterocycles. The summed E-state index contributed by atoms with van der Waals surface area (Å²) in [7, 11) is 1.75. The Morgan fingerprint density at radius 3 is 2.47 bits per heavy atom. The maximum Gasteiger partial charge on any atom is 0.232 e. The van der Waals surface area contributed by atoms with E-state index >= 15 is 0 Å². The molecule has 0 aliphatic rings. The molecule has 1 rings (SSSR count). The second kappa shape index (κ2) is 7.37. The molecule has 1 unspecified atom stereocenters. The number of hydrogen-bond acceptors (Lipinski definition) is 4. The third-order valence-corrected chi connectivity index (χ3v) is 3.90. The molecule has 6 heteroatoms. The lowest BCUT2D eigenvalue weighted by atomic mass is 10.1. The van der Waals surface area contributed by atoms with E-state index < -0.39 is 9.05 Å². The van der Waals surface area contributed by atoms with Crippen LogP contribution < -0.4 is 4.74 Å². The van der Waals surface area contributed by atoms with E-state index in [2.05, 4.69) is 0 Å². The number of benzene rings is 1. The fraction of sp³-hybridized carbons (Fsp3) is 0.462. The van der Waals surface area contributed by atoms with E-state index in [9.17, 15) is 8.42 Å². The molecule has 1 atom stereocenters. The molecule has 1 aromatic carbocycles. The second-order valence-corrected chi connectivity index (χ2v) is 7.31. The Labute approximate surface area is 118 Å². The van der Waals surface area contributed by atoms with Crippen LogP contribution in [0.3, 0.4) is 0 Å². The molecule has 104 valence electrons. The van der Waals surface area contributed by atoms with Crippen molar-refractivity contribution >= 4 is 19.7 Å². The van der Waals surface area contributed by atoms with Crippen molar-refractivity contribution in [3.63, 3.8) is 0 Å². The Kier molecular flexibility index (Phi) is 6.13. The molecule has 0 aliphatic carbocycles. The van der Waals surface area contributed by atoms with Gasteiger partial charge >= 0.3 is 0 Å². The van der Waals surface area contributed by atoms with Crippen LogP contribution in [0.4, 0.5) is 0 Å². The molecule has 19 heavy (non-hydrogen) atoms. The van der Waals surface area contributed by atoms with Gasteiger partial charge in [-0.1, -0.05) is 6.92 Å². The van der Waals surface area contributed by atoms with Gasteiger partial charge in [-0.05, 0) is 43.0 Å². The van der Waals surface area contributed by atoms with E-state index in [0.717, 1.165) is 6.42 Å². The van der Waals surface area contributed by atoms with Crippen molar-refractivity contribution in [2.45, 2.75) is 19.8 Å². The van der Waals surface area contributed by atoms with Crippen LogP contribution in [0.2, 0.25) is 0 Å². The topological polar surface area (TPSA) is 67.2 Å². The average molecular weight is 302 g/mol. The van der Waals surface area contributed by atoms with E-state index in [-0.39, 0.29) is 11.7 Å². The van der Waals surface area contributed by atoms with Gasteiger partial charge in [0, 0.05) is 10.7 Å². The van der Waals surface area contributed by atoms with Crippen molar-refractivity contribution in [1.29, 1.82) is 5.26 Å². The van der Waals surface area contributed by atoms with Crippen LogP contribution in [-0.2, 0) is 9.05 Å². The van der Waals surface area contributed by atoms with Crippen molar-refractivity contribution in [2.75, 3.05) is 12.4 Å². The maximum absolute atomic E-state index is 10.8. The molecular weight excluding hydrogens is 286 g/mol. The Morgan fingerprint density at radius 2 is 1.95 bits per heavy atom. The first-order chi connectivity index (χ1) is 8.90. The Hall–Kier alpha value is -1.25. The van der Waals surface area contributed by atoms with Crippen molar-refractivity contribution in [3.8, 4) is 11.8 Å². The largest absolute Gasteiger partial charge is 0.494 e. The molecule has 0 radical (unpaired) electrons. The smallest absolute Gasteiger partial charge is 0.232 e. The lowest BCUT2D eigenvalue weighted by Gasteiger charge is -2.11. The zero-order chi connectivity index (χ0) is 14.3. The summed E-state index contributed by atoms with van der Waals surface area (Å²) in [5, 5.41) is 8.65. The van der Waals surface area contributed by atoms with Crippen molar-refractivity contribution in [3.05, 3.63) is 29.8 Å². The first-order valence-corrected chi connectivity index (χ1v) is 8.44. The van der Waals surface area contributed by atoms with Crippen LogP contribution >= 0.6 is 10.7 Å².